The van der Waals surface area contributed by atoms with Crippen LogP contribution in [-0.4, -0.2) is 64.7 Å². The van der Waals surface area contributed by atoms with Gasteiger partial charge in [0.1, 0.15) is 11.5 Å². The van der Waals surface area contributed by atoms with Crippen molar-refractivity contribution < 1.29 is 23.7 Å². The second kappa shape index (κ2) is 11.8. The number of hydrogen-bond acceptors (Lipinski definition) is 7. The number of benzene rings is 2. The van der Waals surface area contributed by atoms with Gasteiger partial charge in [-0.3, -0.25) is 4.90 Å². The summed E-state index contributed by atoms with van der Waals surface area (Å²) in [4.78, 5) is 2.42. The van der Waals surface area contributed by atoms with E-state index in [1.165, 1.54) is 0 Å². The fourth-order valence-corrected chi connectivity index (χ4v) is 4.24. The van der Waals surface area contributed by atoms with E-state index in [2.05, 4.69) is 15.5 Å². The Bertz CT molecular complexity index is 923. The highest BCUT2D eigenvalue weighted by molar-refractivity contribution is 7.80. The van der Waals surface area contributed by atoms with E-state index in [1.54, 1.807) is 35.5 Å². The van der Waals surface area contributed by atoms with Gasteiger partial charge in [0.05, 0.1) is 41.2 Å². The van der Waals surface area contributed by atoms with Gasteiger partial charge < -0.3 is 34.3 Å². The Morgan fingerprint density at radius 2 is 1.52 bits per heavy atom. The molecule has 0 unspecified atom stereocenters. The first-order valence-corrected chi connectivity index (χ1v) is 11.2. The Labute approximate surface area is 201 Å². The number of likely N-dealkylation sites (tertiary alicyclic amines) is 1. The van der Waals surface area contributed by atoms with Crippen LogP contribution in [-0.2, 0) is 6.54 Å². The zero-order chi connectivity index (χ0) is 23.8. The van der Waals surface area contributed by atoms with Crippen LogP contribution in [0.2, 0.25) is 0 Å². The average Bonchev–Trinajstić information content (AvgIpc) is 2.84. The maximum Gasteiger partial charge on any atom is 0.203 e. The smallest absolute Gasteiger partial charge is 0.203 e. The Morgan fingerprint density at radius 1 is 0.879 bits per heavy atom. The van der Waals surface area contributed by atoms with Gasteiger partial charge in [-0.1, -0.05) is 0 Å². The van der Waals surface area contributed by atoms with E-state index in [9.17, 15) is 0 Å². The third-order valence-corrected chi connectivity index (χ3v) is 5.93. The summed E-state index contributed by atoms with van der Waals surface area (Å²) in [5, 5.41) is 7.25. The molecule has 0 amide bonds. The molecule has 0 bridgehead atoms. The maximum atomic E-state index is 5.54. The molecule has 0 aromatic heterocycles. The fourth-order valence-electron chi connectivity index (χ4n) is 3.97. The van der Waals surface area contributed by atoms with Gasteiger partial charge in [0, 0.05) is 31.7 Å². The van der Waals surface area contributed by atoms with Gasteiger partial charge in [0.15, 0.2) is 16.6 Å². The van der Waals surface area contributed by atoms with Gasteiger partial charge >= 0.3 is 0 Å². The summed E-state index contributed by atoms with van der Waals surface area (Å²) >= 11 is 5.54. The van der Waals surface area contributed by atoms with Crippen molar-refractivity contribution in [2.24, 2.45) is 0 Å². The molecule has 1 aliphatic heterocycles. The Morgan fingerprint density at radius 3 is 2.06 bits per heavy atom. The van der Waals surface area contributed by atoms with Gasteiger partial charge in [-0.15, -0.1) is 0 Å². The number of rotatable bonds is 9. The summed E-state index contributed by atoms with van der Waals surface area (Å²) in [6, 6.07) is 9.92. The highest BCUT2D eigenvalue weighted by Gasteiger charge is 2.21. The van der Waals surface area contributed by atoms with Crippen LogP contribution < -0.4 is 34.3 Å². The normalized spacial score (nSPS) is 14.3. The number of piperidine rings is 1. The Hall–Kier alpha value is -2.91. The van der Waals surface area contributed by atoms with Crippen molar-refractivity contribution in [3.63, 3.8) is 0 Å². The van der Waals surface area contributed by atoms with Gasteiger partial charge in [-0.25, -0.2) is 0 Å². The largest absolute Gasteiger partial charge is 0.497 e. The minimum Gasteiger partial charge on any atom is -0.497 e. The summed E-state index contributed by atoms with van der Waals surface area (Å²) < 4.78 is 27.1. The minimum absolute atomic E-state index is 0.311. The molecule has 180 valence electrons. The lowest BCUT2D eigenvalue weighted by atomic mass is 10.0. The van der Waals surface area contributed by atoms with Gasteiger partial charge in [0.25, 0.3) is 0 Å². The Kier molecular flexibility index (Phi) is 8.85. The third kappa shape index (κ3) is 6.33. The number of ether oxygens (including phenoxy) is 5. The first-order chi connectivity index (χ1) is 16.0. The van der Waals surface area contributed by atoms with E-state index >= 15 is 0 Å². The summed E-state index contributed by atoms with van der Waals surface area (Å²) in [5.74, 6) is 3.37. The fraction of sp³-hybridized carbons (Fsp3) is 0.458. The minimum atomic E-state index is 0.311. The predicted octanol–water partition coefficient (Wildman–Crippen LogP) is 3.68. The first kappa shape index (κ1) is 24.7. The molecule has 1 heterocycles. The van der Waals surface area contributed by atoms with E-state index in [1.807, 2.05) is 30.3 Å². The molecule has 0 spiro atoms. The Balaban J connectivity index is 1.53. The van der Waals surface area contributed by atoms with Crippen LogP contribution in [0.25, 0.3) is 0 Å². The van der Waals surface area contributed by atoms with Crippen molar-refractivity contribution in [2.75, 3.05) is 54.0 Å². The number of anilines is 1. The second-order valence-corrected chi connectivity index (χ2v) is 8.16. The molecule has 0 aliphatic carbocycles. The number of nitrogens with zero attached hydrogens (tertiary/aromatic N) is 1. The molecule has 33 heavy (non-hydrogen) atoms. The van der Waals surface area contributed by atoms with Crippen LogP contribution in [0.1, 0.15) is 18.4 Å². The van der Waals surface area contributed by atoms with Crippen molar-refractivity contribution in [3.05, 3.63) is 35.9 Å². The van der Waals surface area contributed by atoms with Crippen LogP contribution >= 0.6 is 12.2 Å². The molecule has 0 saturated carbocycles. The van der Waals surface area contributed by atoms with Gasteiger partial charge in [0.2, 0.25) is 5.75 Å². The molecule has 0 radical (unpaired) electrons. The van der Waals surface area contributed by atoms with Crippen molar-refractivity contribution >= 4 is 23.0 Å². The predicted molar refractivity (Wildman–Crippen MR) is 133 cm³/mol. The zero-order valence-corrected chi connectivity index (χ0v) is 20.7. The molecule has 2 N–H and O–H groups in total. The molecule has 8 nitrogen and oxygen atoms in total. The average molecular weight is 476 g/mol. The van der Waals surface area contributed by atoms with E-state index in [0.717, 1.165) is 49.5 Å². The summed E-state index contributed by atoms with van der Waals surface area (Å²) in [5.41, 5.74) is 1.93. The summed E-state index contributed by atoms with van der Waals surface area (Å²) in [7, 11) is 8.14. The molecular formula is C24H33N3O5S. The second-order valence-electron chi connectivity index (χ2n) is 7.75. The third-order valence-electron chi connectivity index (χ3n) is 5.71. The zero-order valence-electron chi connectivity index (χ0n) is 19.9. The van der Waals surface area contributed by atoms with Crippen molar-refractivity contribution in [3.8, 4) is 28.7 Å². The van der Waals surface area contributed by atoms with E-state index in [0.29, 0.717) is 34.2 Å². The van der Waals surface area contributed by atoms with Crippen LogP contribution in [0.15, 0.2) is 30.3 Å². The number of nitrogens with one attached hydrogen (secondary N) is 2. The summed E-state index contributed by atoms with van der Waals surface area (Å²) in [6.45, 7) is 2.74. The monoisotopic (exact) mass is 475 g/mol. The van der Waals surface area contributed by atoms with Crippen LogP contribution in [0, 0.1) is 0 Å². The number of thiocarbonyl (C=S) groups is 1. The molecule has 1 saturated heterocycles. The SMILES string of the molecule is COc1ccc(NC(=S)NC2CCN(Cc3cc(OC)c(OC)c(OC)c3)CC2)c(OC)c1. The molecule has 9 heteroatoms. The van der Waals surface area contributed by atoms with Gasteiger partial charge in [-0.2, -0.15) is 0 Å². The molecule has 2 aromatic rings. The highest BCUT2D eigenvalue weighted by atomic mass is 32.1. The quantitative estimate of drug-likeness (QED) is 0.528. The number of methoxy groups -OCH3 is 5. The first-order valence-electron chi connectivity index (χ1n) is 10.8. The lowest BCUT2D eigenvalue weighted by Gasteiger charge is -2.33. The number of hydrogen-bond donors (Lipinski definition) is 2. The highest BCUT2D eigenvalue weighted by Crippen LogP contribution is 2.38. The van der Waals surface area contributed by atoms with Crippen LogP contribution in [0.3, 0.4) is 0 Å². The van der Waals surface area contributed by atoms with Crippen LogP contribution in [0.4, 0.5) is 5.69 Å². The van der Waals surface area contributed by atoms with Crippen molar-refractivity contribution in [2.45, 2.75) is 25.4 Å². The molecule has 0 atom stereocenters. The lowest BCUT2D eigenvalue weighted by molar-refractivity contribution is 0.198. The molecular weight excluding hydrogens is 442 g/mol. The van der Waals surface area contributed by atoms with E-state index < -0.39 is 0 Å². The lowest BCUT2D eigenvalue weighted by Crippen LogP contribution is -2.45. The van der Waals surface area contributed by atoms with Crippen molar-refractivity contribution in [1.29, 1.82) is 0 Å². The molecule has 1 aliphatic rings. The topological polar surface area (TPSA) is 73.5 Å². The van der Waals surface area contributed by atoms with Crippen LogP contribution in [0.5, 0.6) is 28.7 Å². The maximum absolute atomic E-state index is 5.54. The molecule has 1 fully saturated rings. The van der Waals surface area contributed by atoms with E-state index in [-0.39, 0.29) is 0 Å². The molecule has 3 rings (SSSR count). The van der Waals surface area contributed by atoms with Crippen molar-refractivity contribution in [1.82, 2.24) is 10.2 Å². The summed E-state index contributed by atoms with van der Waals surface area (Å²) in [6.07, 6.45) is 1.98. The molecule has 2 aromatic carbocycles. The van der Waals surface area contributed by atoms with Gasteiger partial charge in [-0.05, 0) is 54.9 Å². The standard InChI is InChI=1S/C24H33N3O5S/c1-28-18-6-7-19(20(14-18)29-2)26-24(33)25-17-8-10-27(11-9-17)15-16-12-21(30-3)23(32-5)22(13-16)31-4/h6-7,12-14,17H,8-11,15H2,1-5H3,(H2,25,26,33). The van der Waals surface area contributed by atoms with E-state index in [4.69, 9.17) is 35.9 Å².